The molecule has 24 heavy (non-hydrogen) atoms. The summed E-state index contributed by atoms with van der Waals surface area (Å²) < 4.78 is 0.318. The van der Waals surface area contributed by atoms with Crippen LogP contribution in [0, 0.1) is 17.8 Å². The molecule has 0 aliphatic heterocycles. The lowest BCUT2D eigenvalue weighted by molar-refractivity contribution is 0.0280. The predicted octanol–water partition coefficient (Wildman–Crippen LogP) is 3.41. The molecular formula is C17H19BrN4O2. The van der Waals surface area contributed by atoms with Gasteiger partial charge in [-0.1, -0.05) is 15.9 Å². The summed E-state index contributed by atoms with van der Waals surface area (Å²) in [6.07, 6.45) is 9.14. The second kappa shape index (κ2) is 4.94. The van der Waals surface area contributed by atoms with Crippen LogP contribution >= 0.6 is 15.9 Å². The molecule has 6 rings (SSSR count). The molecule has 6 nitrogen and oxygen atoms in total. The van der Waals surface area contributed by atoms with E-state index in [2.05, 4.69) is 36.2 Å². The predicted molar refractivity (Wildman–Crippen MR) is 93.5 cm³/mol. The molecule has 5 atom stereocenters. The zero-order valence-corrected chi connectivity index (χ0v) is 14.7. The van der Waals surface area contributed by atoms with Gasteiger partial charge in [0.15, 0.2) is 5.65 Å². The number of aromatic amines is 1. The third-order valence-corrected chi connectivity index (χ3v) is 7.17. The summed E-state index contributed by atoms with van der Waals surface area (Å²) in [5.41, 5.74) is 2.11. The fraction of sp³-hybridized carbons (Fsp3) is 0.588. The van der Waals surface area contributed by atoms with E-state index in [-0.39, 0.29) is 5.56 Å². The standard InChI is InChI=1S/C17H19BrN4O2/c18-17-3-8-1-9(4-17)12(10(2-8)5-17)22-13-11(16(23)24)6-19-15-14(13)20-7-21-15/h6-10,12H,1-5H2,(H,23,24)(H2,19,20,21,22)/t8?,9-,10+,12?,17?. The van der Waals surface area contributed by atoms with E-state index in [4.69, 9.17) is 0 Å². The Hall–Kier alpha value is -1.63. The number of carboxylic acids is 1. The summed E-state index contributed by atoms with van der Waals surface area (Å²) in [5, 5.41) is 13.2. The summed E-state index contributed by atoms with van der Waals surface area (Å²) in [4.78, 5) is 23.0. The summed E-state index contributed by atoms with van der Waals surface area (Å²) in [6.45, 7) is 0. The monoisotopic (exact) mass is 390 g/mol. The molecule has 0 spiro atoms. The number of aromatic nitrogens is 3. The van der Waals surface area contributed by atoms with E-state index in [1.807, 2.05) is 0 Å². The van der Waals surface area contributed by atoms with Gasteiger partial charge in [-0.2, -0.15) is 0 Å². The van der Waals surface area contributed by atoms with E-state index in [1.165, 1.54) is 38.3 Å². The largest absolute Gasteiger partial charge is 0.478 e. The molecule has 0 amide bonds. The van der Waals surface area contributed by atoms with Gasteiger partial charge in [0.1, 0.15) is 11.1 Å². The highest BCUT2D eigenvalue weighted by atomic mass is 79.9. The minimum atomic E-state index is -0.956. The lowest BCUT2D eigenvalue weighted by atomic mass is 9.54. The number of nitrogens with zero attached hydrogens (tertiary/aromatic N) is 2. The van der Waals surface area contributed by atoms with Crippen molar-refractivity contribution in [1.29, 1.82) is 0 Å². The number of hydrogen-bond acceptors (Lipinski definition) is 4. The van der Waals surface area contributed by atoms with Crippen molar-refractivity contribution < 1.29 is 9.90 Å². The number of fused-ring (bicyclic) bond motifs is 1. The molecule has 3 N–H and O–H groups in total. The van der Waals surface area contributed by atoms with Gasteiger partial charge in [0.25, 0.3) is 0 Å². The van der Waals surface area contributed by atoms with Crippen LogP contribution in [0.15, 0.2) is 12.5 Å². The Balaban J connectivity index is 1.54. The zero-order valence-electron chi connectivity index (χ0n) is 13.1. The van der Waals surface area contributed by atoms with Crippen LogP contribution in [0.4, 0.5) is 5.69 Å². The number of hydrogen-bond donors (Lipinski definition) is 3. The maximum Gasteiger partial charge on any atom is 0.339 e. The molecule has 0 radical (unpaired) electrons. The van der Waals surface area contributed by atoms with Gasteiger partial charge >= 0.3 is 5.97 Å². The second-order valence-electron chi connectivity index (χ2n) is 7.74. The number of nitrogens with one attached hydrogen (secondary N) is 2. The Morgan fingerprint density at radius 3 is 2.71 bits per heavy atom. The summed E-state index contributed by atoms with van der Waals surface area (Å²) in [6, 6.07) is 0.333. The normalized spacial score (nSPS) is 37.0. The third kappa shape index (κ3) is 2.10. The first-order valence-corrected chi connectivity index (χ1v) is 9.32. The van der Waals surface area contributed by atoms with Gasteiger partial charge in [0.05, 0.1) is 12.0 Å². The highest BCUT2D eigenvalue weighted by molar-refractivity contribution is 9.10. The van der Waals surface area contributed by atoms with Crippen molar-refractivity contribution in [1.82, 2.24) is 15.0 Å². The molecule has 126 valence electrons. The van der Waals surface area contributed by atoms with Crippen LogP contribution in [0.5, 0.6) is 0 Å². The number of imidazole rings is 1. The molecule has 3 unspecified atom stereocenters. The van der Waals surface area contributed by atoms with Gasteiger partial charge in [-0.25, -0.2) is 14.8 Å². The molecule has 4 aliphatic rings. The molecule has 4 bridgehead atoms. The van der Waals surface area contributed by atoms with E-state index < -0.39 is 5.97 Å². The van der Waals surface area contributed by atoms with Crippen LogP contribution in [0.1, 0.15) is 42.5 Å². The number of carboxylic acid groups (broad SMARTS) is 1. The van der Waals surface area contributed by atoms with Gasteiger partial charge in [0.2, 0.25) is 0 Å². The number of aromatic carboxylic acids is 1. The Labute approximate surface area is 147 Å². The number of halogens is 1. The van der Waals surface area contributed by atoms with Gasteiger partial charge in [-0.05, 0) is 49.9 Å². The highest BCUT2D eigenvalue weighted by Crippen LogP contribution is 2.59. The minimum Gasteiger partial charge on any atom is -0.478 e. The fourth-order valence-corrected chi connectivity index (χ4v) is 6.82. The van der Waals surface area contributed by atoms with Gasteiger partial charge < -0.3 is 15.4 Å². The number of alkyl halides is 1. The molecule has 2 aromatic heterocycles. The van der Waals surface area contributed by atoms with Crippen molar-refractivity contribution in [3.63, 3.8) is 0 Å². The Morgan fingerprint density at radius 2 is 2.04 bits per heavy atom. The SMILES string of the molecule is O=C(O)c1cnc2nc[nH]c2c1NC1[C@@H]2CC3C[C@H]1CC(Br)(C3)C2. The Kier molecular flexibility index (Phi) is 3.02. The summed E-state index contributed by atoms with van der Waals surface area (Å²) >= 11 is 3.99. The molecule has 0 saturated heterocycles. The van der Waals surface area contributed by atoms with E-state index in [0.29, 0.717) is 39.1 Å². The smallest absolute Gasteiger partial charge is 0.339 e. The molecule has 0 aromatic carbocycles. The Bertz CT molecular complexity index is 819. The average Bonchev–Trinajstić information content (AvgIpc) is 2.97. The third-order valence-electron chi connectivity index (χ3n) is 6.19. The van der Waals surface area contributed by atoms with E-state index in [0.717, 1.165) is 5.92 Å². The van der Waals surface area contributed by atoms with Crippen molar-refractivity contribution in [2.75, 3.05) is 5.32 Å². The minimum absolute atomic E-state index is 0.217. The van der Waals surface area contributed by atoms with Crippen LogP contribution < -0.4 is 5.32 Å². The molecule has 4 fully saturated rings. The van der Waals surface area contributed by atoms with Crippen molar-refractivity contribution >= 4 is 38.8 Å². The quantitative estimate of drug-likeness (QED) is 0.698. The number of H-pyrrole nitrogens is 1. The summed E-state index contributed by atoms with van der Waals surface area (Å²) in [5.74, 6) is 1.07. The number of rotatable bonds is 3. The maximum absolute atomic E-state index is 11.7. The lowest BCUT2D eigenvalue weighted by Gasteiger charge is -2.58. The Morgan fingerprint density at radius 1 is 1.29 bits per heavy atom. The first-order chi connectivity index (χ1) is 11.5. The molecular weight excluding hydrogens is 372 g/mol. The van der Waals surface area contributed by atoms with Crippen LogP contribution in [-0.2, 0) is 0 Å². The van der Waals surface area contributed by atoms with Gasteiger partial charge in [0, 0.05) is 16.6 Å². The molecule has 7 heteroatoms. The topological polar surface area (TPSA) is 90.9 Å². The van der Waals surface area contributed by atoms with Crippen molar-refractivity contribution in [2.24, 2.45) is 17.8 Å². The lowest BCUT2D eigenvalue weighted by Crippen LogP contribution is -2.56. The summed E-state index contributed by atoms with van der Waals surface area (Å²) in [7, 11) is 0. The molecule has 4 aliphatic carbocycles. The van der Waals surface area contributed by atoms with Gasteiger partial charge in [-0.3, -0.25) is 0 Å². The van der Waals surface area contributed by atoms with E-state index in [9.17, 15) is 9.90 Å². The van der Waals surface area contributed by atoms with Crippen molar-refractivity contribution in [3.8, 4) is 0 Å². The van der Waals surface area contributed by atoms with Crippen LogP contribution in [-0.4, -0.2) is 36.4 Å². The number of carbonyl (C=O) groups is 1. The fourth-order valence-electron chi connectivity index (χ4n) is 5.53. The van der Waals surface area contributed by atoms with Crippen LogP contribution in [0.25, 0.3) is 11.2 Å². The van der Waals surface area contributed by atoms with Crippen LogP contribution in [0.3, 0.4) is 0 Å². The van der Waals surface area contributed by atoms with Crippen molar-refractivity contribution in [3.05, 3.63) is 18.1 Å². The first-order valence-electron chi connectivity index (χ1n) is 8.53. The number of pyridine rings is 1. The highest BCUT2D eigenvalue weighted by Gasteiger charge is 2.54. The van der Waals surface area contributed by atoms with E-state index in [1.54, 1.807) is 6.33 Å². The molecule has 2 aromatic rings. The zero-order chi connectivity index (χ0) is 16.5. The van der Waals surface area contributed by atoms with Crippen molar-refractivity contribution in [2.45, 2.75) is 42.5 Å². The van der Waals surface area contributed by atoms with Crippen LogP contribution in [0.2, 0.25) is 0 Å². The number of anilines is 1. The first kappa shape index (κ1) is 14.7. The van der Waals surface area contributed by atoms with Gasteiger partial charge in [-0.15, -0.1) is 0 Å². The molecule has 2 heterocycles. The maximum atomic E-state index is 11.7. The molecule has 4 saturated carbocycles. The van der Waals surface area contributed by atoms with E-state index >= 15 is 0 Å². The average molecular weight is 391 g/mol. The second-order valence-corrected chi connectivity index (χ2v) is 9.43.